The van der Waals surface area contributed by atoms with Crippen LogP contribution >= 0.6 is 0 Å². The van der Waals surface area contributed by atoms with Crippen LogP contribution in [0.4, 0.5) is 11.5 Å². The summed E-state index contributed by atoms with van der Waals surface area (Å²) in [6.45, 7) is 11.4. The number of anilines is 2. The lowest BCUT2D eigenvalue weighted by atomic mass is 10.0. The van der Waals surface area contributed by atoms with Crippen LogP contribution in [0, 0.1) is 18.3 Å². The summed E-state index contributed by atoms with van der Waals surface area (Å²) in [5, 5.41) is 17.8. The van der Waals surface area contributed by atoms with Gasteiger partial charge in [0, 0.05) is 37.1 Å². The van der Waals surface area contributed by atoms with Crippen LogP contribution in [0.1, 0.15) is 36.1 Å². The fraction of sp³-hybridized carbons (Fsp3) is 0.500. The number of nitrogens with one attached hydrogen (secondary N) is 1. The van der Waals surface area contributed by atoms with Crippen molar-refractivity contribution < 1.29 is 9.53 Å². The molecule has 0 spiro atoms. The summed E-state index contributed by atoms with van der Waals surface area (Å²) in [6, 6.07) is 6.51. The third kappa shape index (κ3) is 5.98. The van der Waals surface area contributed by atoms with Crippen molar-refractivity contribution in [1.82, 2.24) is 30.0 Å². The second kappa shape index (κ2) is 12.6. The van der Waals surface area contributed by atoms with Crippen molar-refractivity contribution in [1.29, 1.82) is 5.26 Å². The Hall–Kier alpha value is -4.17. The summed E-state index contributed by atoms with van der Waals surface area (Å²) in [5.41, 5.74) is 5.35. The number of amides is 1. The van der Waals surface area contributed by atoms with E-state index in [0.29, 0.717) is 32.2 Å². The number of fused-ring (bicyclic) bond motifs is 2. The zero-order valence-electron chi connectivity index (χ0n) is 24.3. The molecule has 216 valence electrons. The molecule has 11 heteroatoms. The lowest BCUT2D eigenvalue weighted by Gasteiger charge is -2.42. The van der Waals surface area contributed by atoms with Crippen LogP contribution in [0.15, 0.2) is 31.0 Å². The van der Waals surface area contributed by atoms with Crippen molar-refractivity contribution in [3.05, 3.63) is 47.8 Å². The third-order valence-corrected chi connectivity index (χ3v) is 8.21. The minimum atomic E-state index is -0.225. The average molecular weight is 558 g/mol. The Morgan fingerprint density at radius 2 is 2.00 bits per heavy atom. The van der Waals surface area contributed by atoms with Crippen LogP contribution < -0.4 is 14.5 Å². The van der Waals surface area contributed by atoms with Crippen molar-refractivity contribution in [2.24, 2.45) is 0 Å². The van der Waals surface area contributed by atoms with E-state index >= 15 is 0 Å². The maximum Gasteiger partial charge on any atom is 0.318 e. The normalized spacial score (nSPS) is 18.9. The fourth-order valence-corrected chi connectivity index (χ4v) is 6.05. The van der Waals surface area contributed by atoms with Gasteiger partial charge in [-0.2, -0.15) is 20.3 Å². The molecule has 5 heterocycles. The number of piperazine rings is 1. The summed E-state index contributed by atoms with van der Waals surface area (Å²) < 4.78 is 5.47. The highest BCUT2D eigenvalue weighted by Gasteiger charge is 2.33. The minimum absolute atomic E-state index is 0.147. The Kier molecular flexibility index (Phi) is 8.69. The predicted molar refractivity (Wildman–Crippen MR) is 159 cm³/mol. The molecule has 3 aliphatic rings. The molecule has 41 heavy (non-hydrogen) atoms. The minimum Gasteiger partial charge on any atom is -0.467 e. The molecule has 2 aromatic heterocycles. The first-order valence-corrected chi connectivity index (χ1v) is 14.3. The van der Waals surface area contributed by atoms with Crippen LogP contribution in [0.2, 0.25) is 0 Å². The van der Waals surface area contributed by atoms with E-state index in [-0.39, 0.29) is 18.4 Å². The van der Waals surface area contributed by atoms with Gasteiger partial charge in [0.15, 0.2) is 0 Å². The van der Waals surface area contributed by atoms with E-state index in [1.165, 1.54) is 37.6 Å². The largest absolute Gasteiger partial charge is 0.467 e. The van der Waals surface area contributed by atoms with E-state index < -0.39 is 0 Å². The number of rotatable bonds is 5. The summed E-state index contributed by atoms with van der Waals surface area (Å²) in [4.78, 5) is 30.3. The number of carbonyl (C=O) groups excluding carboxylic acids is 1. The van der Waals surface area contributed by atoms with Crippen molar-refractivity contribution in [2.45, 2.75) is 45.2 Å². The van der Waals surface area contributed by atoms with Gasteiger partial charge in [0.05, 0.1) is 55.3 Å². The Morgan fingerprint density at radius 3 is 2.68 bits per heavy atom. The number of nitriles is 1. The Morgan fingerprint density at radius 1 is 1.20 bits per heavy atom. The van der Waals surface area contributed by atoms with E-state index in [2.05, 4.69) is 63.6 Å². The van der Waals surface area contributed by atoms with Gasteiger partial charge in [0.25, 0.3) is 0 Å². The highest BCUT2D eigenvalue weighted by molar-refractivity contribution is 5.92. The van der Waals surface area contributed by atoms with Gasteiger partial charge in [-0.1, -0.05) is 18.7 Å². The standard InChI is InChI=1S/C25H28N8O2.C5H11N/c1-4-21(34)33-12-11-32(14-18(33)7-9-26)24-19-8-10-31(15-20(19)28-25(29-24)35-3)23-16(2)5-6-17-13-27-30-22(17)23;1-6-4-2-3-5-6/h4-6,13,18H,1,7-8,10-12,14-15H2,2-3H3,(H,27,30);2-5H2,1H3. The fourth-order valence-electron chi connectivity index (χ4n) is 6.05. The first-order valence-electron chi connectivity index (χ1n) is 14.3. The second-order valence-corrected chi connectivity index (χ2v) is 10.9. The average Bonchev–Trinajstić information content (AvgIpc) is 3.68. The number of ether oxygens (including phenoxy) is 1. The zero-order chi connectivity index (χ0) is 28.9. The molecule has 2 saturated heterocycles. The maximum absolute atomic E-state index is 12.3. The number of hydrogen-bond donors (Lipinski definition) is 1. The van der Waals surface area contributed by atoms with Crippen LogP contribution in [0.3, 0.4) is 0 Å². The first kappa shape index (κ1) is 28.4. The van der Waals surface area contributed by atoms with Gasteiger partial charge in [-0.3, -0.25) is 9.89 Å². The number of likely N-dealkylation sites (tertiary alicyclic amines) is 1. The number of H-pyrrole nitrogens is 1. The molecule has 1 unspecified atom stereocenters. The molecule has 0 radical (unpaired) electrons. The quantitative estimate of drug-likeness (QED) is 0.472. The van der Waals surface area contributed by atoms with E-state index in [4.69, 9.17) is 14.7 Å². The van der Waals surface area contributed by atoms with Crippen LogP contribution in [0.5, 0.6) is 6.01 Å². The predicted octanol–water partition coefficient (Wildman–Crippen LogP) is 3.06. The lowest BCUT2D eigenvalue weighted by molar-refractivity contribution is -0.128. The molecule has 3 aliphatic heterocycles. The number of aromatic amines is 1. The molecule has 0 saturated carbocycles. The molecular formula is C30H39N9O2. The molecule has 0 aliphatic carbocycles. The van der Waals surface area contributed by atoms with Crippen LogP contribution in [0.25, 0.3) is 10.9 Å². The third-order valence-electron chi connectivity index (χ3n) is 8.21. The number of hydrogen-bond acceptors (Lipinski definition) is 9. The molecule has 0 bridgehead atoms. The highest BCUT2D eigenvalue weighted by Crippen LogP contribution is 2.35. The molecule has 1 aromatic carbocycles. The van der Waals surface area contributed by atoms with Gasteiger partial charge in [-0.25, -0.2) is 0 Å². The van der Waals surface area contributed by atoms with Gasteiger partial charge in [0.1, 0.15) is 5.82 Å². The first-order chi connectivity index (χ1) is 19.9. The van der Waals surface area contributed by atoms with Crippen molar-refractivity contribution in [3.8, 4) is 12.1 Å². The molecule has 1 atom stereocenters. The molecule has 11 nitrogen and oxygen atoms in total. The number of carbonyl (C=O) groups is 1. The van der Waals surface area contributed by atoms with E-state index in [1.54, 1.807) is 12.0 Å². The van der Waals surface area contributed by atoms with Crippen LogP contribution in [-0.2, 0) is 17.8 Å². The van der Waals surface area contributed by atoms with E-state index in [9.17, 15) is 10.1 Å². The van der Waals surface area contributed by atoms with E-state index in [0.717, 1.165) is 46.6 Å². The lowest BCUT2D eigenvalue weighted by Crippen LogP contribution is -2.55. The number of benzene rings is 1. The molecule has 1 amide bonds. The second-order valence-electron chi connectivity index (χ2n) is 10.9. The van der Waals surface area contributed by atoms with E-state index in [1.807, 2.05) is 6.20 Å². The van der Waals surface area contributed by atoms with Crippen molar-refractivity contribution >= 4 is 28.3 Å². The summed E-state index contributed by atoms with van der Waals surface area (Å²) in [6.07, 6.45) is 7.00. The summed E-state index contributed by atoms with van der Waals surface area (Å²) in [5.74, 6) is 0.683. The Balaban J connectivity index is 0.000000500. The summed E-state index contributed by atoms with van der Waals surface area (Å²) >= 11 is 0. The number of aromatic nitrogens is 4. The molecule has 1 N–H and O–H groups in total. The summed E-state index contributed by atoms with van der Waals surface area (Å²) in [7, 11) is 3.74. The number of nitrogens with zero attached hydrogens (tertiary/aromatic N) is 8. The van der Waals surface area contributed by atoms with Gasteiger partial charge >= 0.3 is 6.01 Å². The Labute approximate surface area is 241 Å². The number of methoxy groups -OCH3 is 1. The van der Waals surface area contributed by atoms with Crippen LogP contribution in [-0.4, -0.2) is 95.3 Å². The van der Waals surface area contributed by atoms with Gasteiger partial charge in [0.2, 0.25) is 5.91 Å². The molecule has 3 aromatic rings. The van der Waals surface area contributed by atoms with Gasteiger partial charge in [-0.05, 0) is 58.0 Å². The molecule has 2 fully saturated rings. The highest BCUT2D eigenvalue weighted by atomic mass is 16.5. The monoisotopic (exact) mass is 557 g/mol. The molecular weight excluding hydrogens is 518 g/mol. The zero-order valence-corrected chi connectivity index (χ0v) is 24.3. The molecule has 6 rings (SSSR count). The van der Waals surface area contributed by atoms with Crippen molar-refractivity contribution in [3.63, 3.8) is 0 Å². The van der Waals surface area contributed by atoms with Crippen molar-refractivity contribution in [2.75, 3.05) is 63.2 Å². The van der Waals surface area contributed by atoms with Gasteiger partial charge in [-0.15, -0.1) is 0 Å². The maximum atomic E-state index is 12.3. The number of aryl methyl sites for hydroxylation is 1. The Bertz CT molecular complexity index is 1440. The smallest absolute Gasteiger partial charge is 0.318 e. The topological polar surface area (TPSA) is 118 Å². The van der Waals surface area contributed by atoms with Gasteiger partial charge < -0.3 is 24.3 Å². The SMILES string of the molecule is C=CC(=O)N1CCN(c2nc(OC)nc3c2CCN(c2c(C)ccc4cn[nH]c24)C3)CC1CC#N.CN1CCCC1.